The largest absolute Gasteiger partial charge is 0.379 e. The third kappa shape index (κ3) is 4.82. The van der Waals surface area contributed by atoms with Crippen LogP contribution in [0.25, 0.3) is 34.0 Å². The number of ether oxygens (including phenoxy) is 2. The summed E-state index contributed by atoms with van der Waals surface area (Å²) in [5, 5.41) is 2.12. The van der Waals surface area contributed by atoms with Crippen molar-refractivity contribution in [2.75, 3.05) is 49.3 Å². The maximum Gasteiger partial charge on any atom is 0.226 e. The summed E-state index contributed by atoms with van der Waals surface area (Å²) in [5.74, 6) is 1.69. The molecule has 4 aliphatic heterocycles. The molecule has 0 amide bonds. The summed E-state index contributed by atoms with van der Waals surface area (Å²) in [6.07, 6.45) is 14.5. The van der Waals surface area contributed by atoms with Gasteiger partial charge in [0.25, 0.3) is 0 Å². The van der Waals surface area contributed by atoms with E-state index in [4.69, 9.17) is 19.4 Å². The summed E-state index contributed by atoms with van der Waals surface area (Å²) in [5.41, 5.74) is 4.45. The quantitative estimate of drug-likeness (QED) is 0.297. The maximum absolute atomic E-state index is 5.64. The van der Waals surface area contributed by atoms with Crippen molar-refractivity contribution in [2.24, 2.45) is 0 Å². The molecule has 2 aromatic heterocycles. The number of nitrogens with zero attached hydrogens (tertiary/aromatic N) is 6. The standard InChI is InChI=1S/2C17H19N3O/c2*1-2-13-4-5-15-14(10-13)11-18-16(19-15)20-8-3-6-17(20)7-9-21-12-17/h2*2,4-5,10-11H,1,3,6-9,12H2/t17-;/m1./s1. The zero-order chi connectivity index (χ0) is 28.6. The van der Waals surface area contributed by atoms with Crippen LogP contribution in [0.5, 0.6) is 0 Å². The van der Waals surface area contributed by atoms with Gasteiger partial charge in [-0.1, -0.05) is 37.4 Å². The topological polar surface area (TPSA) is 76.5 Å². The van der Waals surface area contributed by atoms with Crippen LogP contribution in [-0.4, -0.2) is 70.5 Å². The van der Waals surface area contributed by atoms with E-state index >= 15 is 0 Å². The van der Waals surface area contributed by atoms with Crippen LogP contribution in [0.3, 0.4) is 0 Å². The van der Waals surface area contributed by atoms with Crippen LogP contribution in [0.2, 0.25) is 0 Å². The van der Waals surface area contributed by atoms with Gasteiger partial charge in [0.2, 0.25) is 11.9 Å². The summed E-state index contributed by atoms with van der Waals surface area (Å²) in [4.78, 5) is 23.5. The summed E-state index contributed by atoms with van der Waals surface area (Å²) in [6.45, 7) is 13.0. The third-order valence-electron chi connectivity index (χ3n) is 9.49. The first-order valence-electron chi connectivity index (χ1n) is 15.1. The molecule has 8 heteroatoms. The lowest BCUT2D eigenvalue weighted by Gasteiger charge is -2.33. The van der Waals surface area contributed by atoms with Gasteiger partial charge >= 0.3 is 0 Å². The van der Waals surface area contributed by atoms with Gasteiger partial charge in [-0.3, -0.25) is 0 Å². The van der Waals surface area contributed by atoms with E-state index in [1.165, 1.54) is 25.7 Å². The Morgan fingerprint density at radius 2 is 1.14 bits per heavy atom. The van der Waals surface area contributed by atoms with Crippen molar-refractivity contribution in [3.05, 3.63) is 73.1 Å². The van der Waals surface area contributed by atoms with Crippen LogP contribution in [-0.2, 0) is 9.47 Å². The molecule has 42 heavy (non-hydrogen) atoms. The molecule has 2 atom stereocenters. The number of aromatic nitrogens is 4. The third-order valence-corrected chi connectivity index (χ3v) is 9.49. The molecule has 4 aromatic rings. The Morgan fingerprint density at radius 1 is 0.667 bits per heavy atom. The molecular weight excluding hydrogens is 524 g/mol. The molecule has 4 fully saturated rings. The maximum atomic E-state index is 5.64. The van der Waals surface area contributed by atoms with Crippen molar-refractivity contribution in [2.45, 2.75) is 49.6 Å². The molecule has 2 spiro atoms. The molecule has 216 valence electrons. The van der Waals surface area contributed by atoms with Gasteiger partial charge in [0, 0.05) is 49.5 Å². The Balaban J connectivity index is 0.000000137. The lowest BCUT2D eigenvalue weighted by Crippen LogP contribution is -2.45. The molecule has 1 unspecified atom stereocenters. The molecule has 0 saturated carbocycles. The number of hydrogen-bond acceptors (Lipinski definition) is 8. The first-order valence-corrected chi connectivity index (χ1v) is 15.1. The van der Waals surface area contributed by atoms with E-state index in [1.54, 1.807) is 0 Å². The smallest absolute Gasteiger partial charge is 0.226 e. The molecule has 0 radical (unpaired) electrons. The molecule has 2 aromatic carbocycles. The van der Waals surface area contributed by atoms with Crippen molar-refractivity contribution in [1.82, 2.24) is 19.9 Å². The van der Waals surface area contributed by atoms with Gasteiger partial charge in [0.15, 0.2) is 0 Å². The minimum Gasteiger partial charge on any atom is -0.379 e. The fraction of sp³-hybridized carbons (Fsp3) is 0.412. The van der Waals surface area contributed by atoms with E-state index in [1.807, 2.05) is 48.8 Å². The van der Waals surface area contributed by atoms with Gasteiger partial charge in [-0.25, -0.2) is 19.9 Å². The predicted octanol–water partition coefficient (Wildman–Crippen LogP) is 6.06. The van der Waals surface area contributed by atoms with Crippen molar-refractivity contribution < 1.29 is 9.47 Å². The minimum atomic E-state index is 0.134. The first kappa shape index (κ1) is 27.0. The average molecular weight is 563 g/mol. The second-order valence-corrected chi connectivity index (χ2v) is 11.9. The Hall–Kier alpha value is -3.88. The van der Waals surface area contributed by atoms with E-state index in [9.17, 15) is 0 Å². The highest BCUT2D eigenvalue weighted by atomic mass is 16.5. The van der Waals surface area contributed by atoms with Crippen LogP contribution >= 0.6 is 0 Å². The van der Waals surface area contributed by atoms with Gasteiger partial charge < -0.3 is 19.3 Å². The highest BCUT2D eigenvalue weighted by Gasteiger charge is 2.46. The van der Waals surface area contributed by atoms with Gasteiger partial charge in [0.1, 0.15) is 0 Å². The normalized spacial score (nSPS) is 25.0. The molecule has 0 N–H and O–H groups in total. The van der Waals surface area contributed by atoms with Crippen LogP contribution in [0, 0.1) is 0 Å². The Labute approximate surface area is 247 Å². The number of benzene rings is 2. The SMILES string of the molecule is C=Cc1ccc2nc(N3CCCC34CCOC4)ncc2c1.C=Cc1ccc2nc(N3CCC[C@]34CCOC4)ncc2c1. The van der Waals surface area contributed by atoms with Gasteiger partial charge in [-0.05, 0) is 73.9 Å². The van der Waals surface area contributed by atoms with Crippen molar-refractivity contribution in [3.63, 3.8) is 0 Å². The second kappa shape index (κ2) is 11.1. The van der Waals surface area contributed by atoms with Crippen molar-refractivity contribution in [1.29, 1.82) is 0 Å². The summed E-state index contributed by atoms with van der Waals surface area (Å²) in [7, 11) is 0. The Kier molecular flexibility index (Phi) is 7.12. The number of rotatable bonds is 4. The van der Waals surface area contributed by atoms with Gasteiger partial charge in [-0.2, -0.15) is 0 Å². The van der Waals surface area contributed by atoms with Crippen LogP contribution in [0.15, 0.2) is 61.9 Å². The van der Waals surface area contributed by atoms with Crippen LogP contribution in [0.1, 0.15) is 49.7 Å². The van der Waals surface area contributed by atoms with Crippen molar-refractivity contribution in [3.8, 4) is 0 Å². The average Bonchev–Trinajstić information content (AvgIpc) is 3.87. The molecule has 4 aliphatic rings. The number of fused-ring (bicyclic) bond motifs is 2. The molecule has 8 rings (SSSR count). The first-order chi connectivity index (χ1) is 20.6. The highest BCUT2D eigenvalue weighted by Crippen LogP contribution is 2.40. The highest BCUT2D eigenvalue weighted by molar-refractivity contribution is 5.82. The van der Waals surface area contributed by atoms with Gasteiger partial charge in [-0.15, -0.1) is 0 Å². The van der Waals surface area contributed by atoms with Crippen molar-refractivity contribution >= 4 is 45.9 Å². The van der Waals surface area contributed by atoms with E-state index in [0.29, 0.717) is 0 Å². The lowest BCUT2D eigenvalue weighted by atomic mass is 9.96. The zero-order valence-electron chi connectivity index (χ0n) is 24.2. The van der Waals surface area contributed by atoms with E-state index in [-0.39, 0.29) is 11.1 Å². The molecule has 0 bridgehead atoms. The summed E-state index contributed by atoms with van der Waals surface area (Å²) < 4.78 is 11.3. The molecule has 0 aliphatic carbocycles. The molecule has 4 saturated heterocycles. The fourth-order valence-electron chi connectivity index (χ4n) is 7.11. The molecular formula is C34H38N6O2. The van der Waals surface area contributed by atoms with Crippen LogP contribution < -0.4 is 9.80 Å². The zero-order valence-corrected chi connectivity index (χ0v) is 24.2. The second-order valence-electron chi connectivity index (χ2n) is 11.9. The van der Waals surface area contributed by atoms with E-state index < -0.39 is 0 Å². The number of hydrogen-bond donors (Lipinski definition) is 0. The van der Waals surface area contributed by atoms with E-state index in [0.717, 1.165) is 97.2 Å². The fourth-order valence-corrected chi connectivity index (χ4v) is 7.11. The Bertz CT molecular complexity index is 1490. The predicted molar refractivity (Wildman–Crippen MR) is 169 cm³/mol. The Morgan fingerprint density at radius 3 is 1.55 bits per heavy atom. The van der Waals surface area contributed by atoms with Crippen LogP contribution in [0.4, 0.5) is 11.9 Å². The van der Waals surface area contributed by atoms with Gasteiger partial charge in [0.05, 0.1) is 35.3 Å². The monoisotopic (exact) mass is 562 g/mol. The molecule has 6 heterocycles. The number of anilines is 2. The van der Waals surface area contributed by atoms with E-state index in [2.05, 4.69) is 45.1 Å². The summed E-state index contributed by atoms with van der Waals surface area (Å²) in [6, 6.07) is 12.3. The lowest BCUT2D eigenvalue weighted by molar-refractivity contribution is 0.178. The summed E-state index contributed by atoms with van der Waals surface area (Å²) >= 11 is 0. The molecule has 8 nitrogen and oxygen atoms in total. The minimum absolute atomic E-state index is 0.134.